The molecule has 3 N–H and O–H groups in total. The molecule has 0 aromatic heterocycles. The van der Waals surface area contributed by atoms with Crippen LogP contribution in [0.4, 0.5) is 0 Å². The quantitative estimate of drug-likeness (QED) is 0.765. The fourth-order valence-electron chi connectivity index (χ4n) is 2.45. The van der Waals surface area contributed by atoms with Gasteiger partial charge in [-0.2, -0.15) is 0 Å². The Morgan fingerprint density at radius 3 is 2.38 bits per heavy atom. The van der Waals surface area contributed by atoms with Gasteiger partial charge in [-0.15, -0.1) is 0 Å². The van der Waals surface area contributed by atoms with E-state index < -0.39 is 6.04 Å². The van der Waals surface area contributed by atoms with E-state index in [0.29, 0.717) is 24.9 Å². The molecule has 0 radical (unpaired) electrons. The number of carbonyl (C=O) groups excluding carboxylic acids is 1. The summed E-state index contributed by atoms with van der Waals surface area (Å²) in [6.45, 7) is 4.96. The number of hydrogen-bond donors (Lipinski definition) is 2. The second kappa shape index (κ2) is 8.80. The van der Waals surface area contributed by atoms with E-state index in [1.165, 1.54) is 5.56 Å². The van der Waals surface area contributed by atoms with Crippen molar-refractivity contribution in [1.82, 2.24) is 10.2 Å². The third kappa shape index (κ3) is 6.27. The first-order chi connectivity index (χ1) is 9.91. The van der Waals surface area contributed by atoms with Crippen molar-refractivity contribution in [3.8, 4) is 0 Å². The Labute approximate surface area is 128 Å². The lowest BCUT2D eigenvalue weighted by molar-refractivity contribution is -0.122. The number of rotatable bonds is 8. The predicted octanol–water partition coefficient (Wildman–Crippen LogP) is 1.65. The van der Waals surface area contributed by atoms with Gasteiger partial charge >= 0.3 is 0 Å². The Morgan fingerprint density at radius 2 is 1.86 bits per heavy atom. The summed E-state index contributed by atoms with van der Waals surface area (Å²) >= 11 is 0. The van der Waals surface area contributed by atoms with Crippen molar-refractivity contribution < 1.29 is 4.79 Å². The fraction of sp³-hybridized carbons (Fsp3) is 0.588. The molecular weight excluding hydrogens is 262 g/mol. The number of carbonyl (C=O) groups is 1. The summed E-state index contributed by atoms with van der Waals surface area (Å²) in [6, 6.07) is 10.0. The average molecular weight is 291 g/mol. The number of likely N-dealkylation sites (N-methyl/N-ethyl adjacent to an activating group) is 1. The Kier molecular flexibility index (Phi) is 7.40. The minimum Gasteiger partial charge on any atom is -0.353 e. The number of nitrogens with two attached hydrogens (primary N) is 1. The maximum atomic E-state index is 12.1. The first-order valence-electron chi connectivity index (χ1n) is 7.65. The normalized spacial score (nSPS) is 14.2. The molecule has 2 atom stereocenters. The largest absolute Gasteiger partial charge is 0.353 e. The summed E-state index contributed by atoms with van der Waals surface area (Å²) in [5.41, 5.74) is 7.19. The third-order valence-corrected chi connectivity index (χ3v) is 3.84. The molecule has 1 unspecified atom stereocenters. The van der Waals surface area contributed by atoms with Gasteiger partial charge in [0, 0.05) is 12.6 Å². The van der Waals surface area contributed by atoms with Crippen LogP contribution in [0.25, 0.3) is 0 Å². The average Bonchev–Trinajstić information content (AvgIpc) is 2.45. The third-order valence-electron chi connectivity index (χ3n) is 3.84. The van der Waals surface area contributed by atoms with E-state index in [1.807, 2.05) is 32.3 Å². The molecule has 0 saturated carbocycles. The van der Waals surface area contributed by atoms with Crippen molar-refractivity contribution in [2.24, 2.45) is 11.7 Å². The summed E-state index contributed by atoms with van der Waals surface area (Å²) in [7, 11) is 4.07. The molecule has 0 aliphatic rings. The molecule has 0 aliphatic heterocycles. The van der Waals surface area contributed by atoms with Gasteiger partial charge < -0.3 is 16.0 Å². The first-order valence-corrected chi connectivity index (χ1v) is 7.65. The van der Waals surface area contributed by atoms with Crippen LogP contribution in [0.15, 0.2) is 30.3 Å². The molecule has 4 nitrogen and oxygen atoms in total. The maximum absolute atomic E-state index is 12.1. The molecule has 0 aliphatic carbocycles. The molecule has 0 bridgehead atoms. The summed E-state index contributed by atoms with van der Waals surface area (Å²) in [6.07, 6.45) is 1.50. The van der Waals surface area contributed by atoms with E-state index in [-0.39, 0.29) is 5.91 Å². The lowest BCUT2D eigenvalue weighted by atomic mass is 10.0. The molecule has 1 aromatic carbocycles. The highest BCUT2D eigenvalue weighted by Gasteiger charge is 2.19. The number of amides is 1. The van der Waals surface area contributed by atoms with Crippen molar-refractivity contribution in [2.45, 2.75) is 38.8 Å². The predicted molar refractivity (Wildman–Crippen MR) is 88.1 cm³/mol. The van der Waals surface area contributed by atoms with E-state index in [9.17, 15) is 4.79 Å². The van der Waals surface area contributed by atoms with Gasteiger partial charge in [0.1, 0.15) is 0 Å². The van der Waals surface area contributed by atoms with E-state index in [2.05, 4.69) is 36.2 Å². The molecule has 1 rings (SSSR count). The van der Waals surface area contributed by atoms with Crippen molar-refractivity contribution in [3.63, 3.8) is 0 Å². The van der Waals surface area contributed by atoms with Gasteiger partial charge in [-0.05, 0) is 38.4 Å². The van der Waals surface area contributed by atoms with Gasteiger partial charge in [0.25, 0.3) is 0 Å². The number of hydrogen-bond acceptors (Lipinski definition) is 3. The topological polar surface area (TPSA) is 58.4 Å². The molecule has 1 aromatic rings. The standard InChI is InChI=1S/C17H29N3O/c1-13(2)16(20(3)4)12-19-17(21)15(18)11-10-14-8-6-5-7-9-14/h5-9,13,15-16H,10-12,18H2,1-4H3,(H,19,21)/t15-,16?/m0/s1. The lowest BCUT2D eigenvalue weighted by Gasteiger charge is -2.28. The minimum absolute atomic E-state index is 0.0570. The highest BCUT2D eigenvalue weighted by atomic mass is 16.2. The van der Waals surface area contributed by atoms with Gasteiger partial charge in [-0.25, -0.2) is 0 Å². The van der Waals surface area contributed by atoms with Gasteiger partial charge in [-0.1, -0.05) is 44.2 Å². The molecule has 21 heavy (non-hydrogen) atoms. The molecule has 118 valence electrons. The zero-order valence-electron chi connectivity index (χ0n) is 13.7. The molecule has 0 heterocycles. The number of nitrogens with zero attached hydrogens (tertiary/aromatic N) is 1. The Balaban J connectivity index is 2.37. The molecule has 1 amide bonds. The van der Waals surface area contributed by atoms with E-state index in [4.69, 9.17) is 5.73 Å². The highest BCUT2D eigenvalue weighted by molar-refractivity contribution is 5.81. The maximum Gasteiger partial charge on any atom is 0.236 e. The zero-order chi connectivity index (χ0) is 15.8. The smallest absolute Gasteiger partial charge is 0.236 e. The van der Waals surface area contributed by atoms with Crippen molar-refractivity contribution in [2.75, 3.05) is 20.6 Å². The second-order valence-electron chi connectivity index (χ2n) is 6.15. The second-order valence-corrected chi connectivity index (χ2v) is 6.15. The monoisotopic (exact) mass is 291 g/mol. The number of nitrogens with one attached hydrogen (secondary N) is 1. The van der Waals surface area contributed by atoms with Crippen LogP contribution in [0.2, 0.25) is 0 Å². The molecule has 0 saturated heterocycles. The van der Waals surface area contributed by atoms with Gasteiger partial charge in [0.15, 0.2) is 0 Å². The lowest BCUT2D eigenvalue weighted by Crippen LogP contribution is -2.48. The van der Waals surface area contributed by atoms with E-state index in [1.54, 1.807) is 0 Å². The molecule has 0 spiro atoms. The van der Waals surface area contributed by atoms with Crippen molar-refractivity contribution in [1.29, 1.82) is 0 Å². The first kappa shape index (κ1) is 17.7. The zero-order valence-corrected chi connectivity index (χ0v) is 13.7. The molecular formula is C17H29N3O. The van der Waals surface area contributed by atoms with Crippen LogP contribution in [0.5, 0.6) is 0 Å². The van der Waals surface area contributed by atoms with Gasteiger partial charge in [0.05, 0.1) is 6.04 Å². The molecule has 4 heteroatoms. The minimum atomic E-state index is -0.444. The van der Waals surface area contributed by atoms with E-state index >= 15 is 0 Å². The van der Waals surface area contributed by atoms with Crippen molar-refractivity contribution in [3.05, 3.63) is 35.9 Å². The molecule has 0 fully saturated rings. The van der Waals surface area contributed by atoms with Crippen molar-refractivity contribution >= 4 is 5.91 Å². The Hall–Kier alpha value is -1.39. The Bertz CT molecular complexity index is 409. The van der Waals surface area contributed by atoms with Crippen LogP contribution in [-0.4, -0.2) is 43.5 Å². The summed E-state index contributed by atoms with van der Waals surface area (Å²) in [5.74, 6) is 0.430. The van der Waals surface area contributed by atoms with Gasteiger partial charge in [0.2, 0.25) is 5.91 Å². The van der Waals surface area contributed by atoms with Gasteiger partial charge in [-0.3, -0.25) is 4.79 Å². The summed E-state index contributed by atoms with van der Waals surface area (Å²) in [4.78, 5) is 14.2. The van der Waals surface area contributed by atoms with Crippen LogP contribution < -0.4 is 11.1 Å². The van der Waals surface area contributed by atoms with Crippen LogP contribution in [0.1, 0.15) is 25.8 Å². The highest BCUT2D eigenvalue weighted by Crippen LogP contribution is 2.07. The SMILES string of the molecule is CC(C)C(CNC(=O)[C@@H](N)CCc1ccccc1)N(C)C. The van der Waals surface area contributed by atoms with Crippen LogP contribution in [-0.2, 0) is 11.2 Å². The summed E-state index contributed by atoms with van der Waals surface area (Å²) in [5, 5.41) is 2.98. The van der Waals surface area contributed by atoms with E-state index in [0.717, 1.165) is 6.42 Å². The fourth-order valence-corrected chi connectivity index (χ4v) is 2.45. The van der Waals surface area contributed by atoms with Crippen LogP contribution in [0.3, 0.4) is 0 Å². The Morgan fingerprint density at radius 1 is 1.24 bits per heavy atom. The van der Waals surface area contributed by atoms with Crippen LogP contribution >= 0.6 is 0 Å². The number of benzene rings is 1. The number of aryl methyl sites for hydroxylation is 1. The van der Waals surface area contributed by atoms with Crippen LogP contribution in [0, 0.1) is 5.92 Å². The summed E-state index contributed by atoms with van der Waals surface area (Å²) < 4.78 is 0.